The summed E-state index contributed by atoms with van der Waals surface area (Å²) in [4.78, 5) is 13.5. The number of hydrogen-bond acceptors (Lipinski definition) is 5. The van der Waals surface area contributed by atoms with E-state index < -0.39 is 0 Å². The molecule has 2 heterocycles. The van der Waals surface area contributed by atoms with Crippen molar-refractivity contribution in [2.45, 2.75) is 32.0 Å². The molecule has 1 N–H and O–H groups in total. The Kier molecular flexibility index (Phi) is 6.34. The highest BCUT2D eigenvalue weighted by Crippen LogP contribution is 2.28. The normalized spacial score (nSPS) is 10.9. The number of thiophene rings is 1. The third-order valence-electron chi connectivity index (χ3n) is 3.63. The number of para-hydroxylation sites is 1. The van der Waals surface area contributed by atoms with Crippen LogP contribution in [0.4, 0.5) is 5.69 Å². The highest BCUT2D eigenvalue weighted by Gasteiger charge is 2.16. The van der Waals surface area contributed by atoms with Crippen LogP contribution in [0.2, 0.25) is 5.02 Å². The molecule has 0 aliphatic rings. The first-order valence-electron chi connectivity index (χ1n) is 8.24. The van der Waals surface area contributed by atoms with Crippen LogP contribution in [-0.2, 0) is 11.3 Å². The van der Waals surface area contributed by atoms with Crippen molar-refractivity contribution in [2.24, 2.45) is 0 Å². The number of nitrogens with zero attached hydrogens (tertiary/aromatic N) is 3. The fourth-order valence-corrected chi connectivity index (χ4v) is 4.10. The number of carbonyl (C=O) groups excluding carboxylic acids is 1. The molecule has 3 rings (SSSR count). The zero-order valence-electron chi connectivity index (χ0n) is 14.5. The number of rotatable bonds is 7. The molecule has 0 aliphatic carbocycles. The summed E-state index contributed by atoms with van der Waals surface area (Å²) in [6.07, 6.45) is 0.966. The Bertz CT molecular complexity index is 906. The Morgan fingerprint density at radius 1 is 1.35 bits per heavy atom. The van der Waals surface area contributed by atoms with E-state index in [-0.39, 0.29) is 11.7 Å². The zero-order valence-corrected chi connectivity index (χ0v) is 16.9. The predicted molar refractivity (Wildman–Crippen MR) is 109 cm³/mol. The first-order valence-corrected chi connectivity index (χ1v) is 10.5. The molecule has 8 heteroatoms. The van der Waals surface area contributed by atoms with E-state index in [9.17, 15) is 4.79 Å². The van der Waals surface area contributed by atoms with E-state index in [1.807, 2.05) is 12.1 Å². The third-order valence-corrected chi connectivity index (χ3v) is 5.79. The Labute approximate surface area is 165 Å². The van der Waals surface area contributed by atoms with Crippen LogP contribution in [0.5, 0.6) is 0 Å². The molecule has 1 amide bonds. The number of nitrogens with one attached hydrogen (secondary N) is 1. The number of thioether (sulfide) groups is 1. The van der Waals surface area contributed by atoms with Crippen LogP contribution in [-0.4, -0.2) is 26.4 Å². The van der Waals surface area contributed by atoms with Crippen molar-refractivity contribution < 1.29 is 4.79 Å². The van der Waals surface area contributed by atoms with Gasteiger partial charge in [-0.25, -0.2) is 0 Å². The minimum Gasteiger partial charge on any atom is -0.324 e. The van der Waals surface area contributed by atoms with Gasteiger partial charge in [0.25, 0.3) is 0 Å². The summed E-state index contributed by atoms with van der Waals surface area (Å²) < 4.78 is 2.08. The van der Waals surface area contributed by atoms with Gasteiger partial charge in [0.05, 0.1) is 16.5 Å². The third kappa shape index (κ3) is 4.47. The fourth-order valence-electron chi connectivity index (χ4n) is 2.47. The maximum atomic E-state index is 12.2. The van der Waals surface area contributed by atoms with Gasteiger partial charge in [0.15, 0.2) is 11.0 Å². The number of aromatic nitrogens is 3. The summed E-state index contributed by atoms with van der Waals surface area (Å²) in [6.45, 7) is 5.00. The number of carbonyl (C=O) groups is 1. The quantitative estimate of drug-likeness (QED) is 0.554. The number of anilines is 1. The van der Waals surface area contributed by atoms with E-state index in [2.05, 4.69) is 45.4 Å². The first kappa shape index (κ1) is 18.9. The number of aryl methyl sites for hydroxylation is 1. The summed E-state index contributed by atoms with van der Waals surface area (Å²) in [7, 11) is 0. The molecule has 1 aromatic carbocycles. The van der Waals surface area contributed by atoms with Crippen molar-refractivity contribution in [1.29, 1.82) is 0 Å². The van der Waals surface area contributed by atoms with Crippen molar-refractivity contribution in [3.05, 3.63) is 45.6 Å². The maximum Gasteiger partial charge on any atom is 0.234 e. The van der Waals surface area contributed by atoms with Crippen LogP contribution in [0.3, 0.4) is 0 Å². The molecule has 136 valence electrons. The standard InChI is InChI=1S/C18H19ClN4OS2/c1-3-8-23-17(13-9-12(2)25-10-13)21-22-18(23)26-11-16(24)20-15-7-5-4-6-14(15)19/h4-7,9-10H,3,8,11H2,1-2H3,(H,20,24). The monoisotopic (exact) mass is 406 g/mol. The molecular formula is C18H19ClN4OS2. The Balaban J connectivity index is 1.70. The lowest BCUT2D eigenvalue weighted by Crippen LogP contribution is -2.15. The van der Waals surface area contributed by atoms with Crippen LogP contribution in [0.15, 0.2) is 40.9 Å². The molecule has 0 atom stereocenters. The summed E-state index contributed by atoms with van der Waals surface area (Å²) in [5.74, 6) is 0.975. The van der Waals surface area contributed by atoms with Crippen molar-refractivity contribution in [3.8, 4) is 11.4 Å². The summed E-state index contributed by atoms with van der Waals surface area (Å²) in [5, 5.41) is 14.8. The van der Waals surface area contributed by atoms with Crippen LogP contribution < -0.4 is 5.32 Å². The van der Waals surface area contributed by atoms with Crippen molar-refractivity contribution >= 4 is 46.3 Å². The van der Waals surface area contributed by atoms with Gasteiger partial charge in [0.1, 0.15) is 0 Å². The topological polar surface area (TPSA) is 59.8 Å². The molecule has 0 saturated carbocycles. The van der Waals surface area contributed by atoms with Gasteiger partial charge in [-0.3, -0.25) is 4.79 Å². The van der Waals surface area contributed by atoms with Crippen molar-refractivity contribution in [1.82, 2.24) is 14.8 Å². The molecule has 0 saturated heterocycles. The average molecular weight is 407 g/mol. The second-order valence-electron chi connectivity index (χ2n) is 5.72. The van der Waals surface area contributed by atoms with Gasteiger partial charge in [0, 0.05) is 22.4 Å². The van der Waals surface area contributed by atoms with Crippen LogP contribution in [0.1, 0.15) is 18.2 Å². The SMILES string of the molecule is CCCn1c(SCC(=O)Nc2ccccc2Cl)nnc1-c1csc(C)c1. The predicted octanol–water partition coefficient (Wildman–Crippen LogP) is 5.11. The summed E-state index contributed by atoms with van der Waals surface area (Å²) in [5.41, 5.74) is 1.69. The van der Waals surface area contributed by atoms with Gasteiger partial charge in [-0.2, -0.15) is 0 Å². The Morgan fingerprint density at radius 2 is 2.15 bits per heavy atom. The Hall–Kier alpha value is -1.83. The second-order valence-corrected chi connectivity index (χ2v) is 8.19. The van der Waals surface area contributed by atoms with Gasteiger partial charge >= 0.3 is 0 Å². The largest absolute Gasteiger partial charge is 0.324 e. The van der Waals surface area contributed by atoms with E-state index in [0.29, 0.717) is 10.7 Å². The van der Waals surface area contributed by atoms with Gasteiger partial charge in [0.2, 0.25) is 5.91 Å². The lowest BCUT2D eigenvalue weighted by atomic mass is 10.3. The fraction of sp³-hybridized carbons (Fsp3) is 0.278. The molecular weight excluding hydrogens is 388 g/mol. The lowest BCUT2D eigenvalue weighted by Gasteiger charge is -2.09. The minimum absolute atomic E-state index is 0.123. The van der Waals surface area contributed by atoms with E-state index in [4.69, 9.17) is 11.6 Å². The Morgan fingerprint density at radius 3 is 2.85 bits per heavy atom. The van der Waals surface area contributed by atoms with E-state index in [0.717, 1.165) is 29.5 Å². The molecule has 0 aliphatic heterocycles. The molecule has 0 fully saturated rings. The molecule has 0 unspecified atom stereocenters. The highest BCUT2D eigenvalue weighted by molar-refractivity contribution is 7.99. The molecule has 0 spiro atoms. The van der Waals surface area contributed by atoms with Crippen LogP contribution in [0, 0.1) is 6.92 Å². The molecule has 5 nitrogen and oxygen atoms in total. The van der Waals surface area contributed by atoms with Gasteiger partial charge in [-0.1, -0.05) is 42.4 Å². The first-order chi connectivity index (χ1) is 12.6. The highest BCUT2D eigenvalue weighted by atomic mass is 35.5. The van der Waals surface area contributed by atoms with Crippen LogP contribution >= 0.6 is 34.7 Å². The molecule has 3 aromatic rings. The summed E-state index contributed by atoms with van der Waals surface area (Å²) >= 11 is 9.15. The number of amides is 1. The number of benzene rings is 1. The lowest BCUT2D eigenvalue weighted by molar-refractivity contribution is -0.113. The van der Waals surface area contributed by atoms with Crippen molar-refractivity contribution in [2.75, 3.05) is 11.1 Å². The van der Waals surface area contributed by atoms with E-state index >= 15 is 0 Å². The zero-order chi connectivity index (χ0) is 18.5. The van der Waals surface area contributed by atoms with Gasteiger partial charge in [-0.15, -0.1) is 21.5 Å². The van der Waals surface area contributed by atoms with Gasteiger partial charge < -0.3 is 9.88 Å². The van der Waals surface area contributed by atoms with Crippen molar-refractivity contribution in [3.63, 3.8) is 0 Å². The molecule has 0 radical (unpaired) electrons. The molecule has 0 bridgehead atoms. The van der Waals surface area contributed by atoms with E-state index in [1.54, 1.807) is 23.5 Å². The van der Waals surface area contributed by atoms with Gasteiger partial charge in [-0.05, 0) is 31.5 Å². The average Bonchev–Trinajstić information content (AvgIpc) is 3.22. The second kappa shape index (κ2) is 8.70. The minimum atomic E-state index is -0.123. The smallest absolute Gasteiger partial charge is 0.234 e. The molecule has 2 aromatic heterocycles. The molecule has 26 heavy (non-hydrogen) atoms. The number of hydrogen-bond donors (Lipinski definition) is 1. The maximum absolute atomic E-state index is 12.2. The summed E-state index contributed by atoms with van der Waals surface area (Å²) in [6, 6.07) is 9.30. The van der Waals surface area contributed by atoms with Crippen LogP contribution in [0.25, 0.3) is 11.4 Å². The number of halogens is 1. The van der Waals surface area contributed by atoms with E-state index in [1.165, 1.54) is 16.6 Å².